The summed E-state index contributed by atoms with van der Waals surface area (Å²) in [4.78, 5) is 30.6. The van der Waals surface area contributed by atoms with Crippen molar-refractivity contribution >= 4 is 72.4 Å². The van der Waals surface area contributed by atoms with E-state index < -0.39 is 21.2 Å². The molecule has 0 radical (unpaired) electrons. The molecule has 2 aliphatic rings. The number of rotatable bonds is 12. The van der Waals surface area contributed by atoms with Crippen molar-refractivity contribution < 1.29 is 35.7 Å². The van der Waals surface area contributed by atoms with E-state index in [-0.39, 0.29) is 45.4 Å². The Balaban J connectivity index is 1.58. The fourth-order valence-corrected chi connectivity index (χ4v) is 9.40. The van der Waals surface area contributed by atoms with Gasteiger partial charge in [0.2, 0.25) is 11.8 Å². The molecule has 0 saturated heterocycles. The average molecular weight is 865 g/mol. The van der Waals surface area contributed by atoms with Gasteiger partial charge in [-0.05, 0) is 117 Å². The zero-order valence-corrected chi connectivity index (χ0v) is 37.7. The molecule has 0 aromatic heterocycles. The lowest BCUT2D eigenvalue weighted by Crippen LogP contribution is -2.17. The van der Waals surface area contributed by atoms with Crippen LogP contribution in [0, 0.1) is 53.4 Å². The molecule has 4 aromatic rings. The standard InChI is InChI=1S/C47H52N4O8S2/c1-24(2)19-40(52)50-44-27(6)21-26(5)43(28(44)7)48-32-15-17-34-37(22-32)59-38-23-33(16-18-35(38)42(34)36-13-11-12-14-39(36)61(56,57)58)49-45-29(8)46(51-41(53)20-25(3)4)31(10)47(30(45)9)60(54)55/h11-18,21-25,48H,19-20H2,1-10H3,(H,50,52)(H,51,53)(H,54,55)(H,56,57,58). The quantitative estimate of drug-likeness (QED) is 0.0453. The largest absolute Gasteiger partial charge is 0.456 e. The minimum Gasteiger partial charge on any atom is -0.456 e. The van der Waals surface area contributed by atoms with Crippen LogP contribution in [0.2, 0.25) is 0 Å². The van der Waals surface area contributed by atoms with Crippen molar-refractivity contribution in [2.45, 2.75) is 91.9 Å². The Morgan fingerprint density at radius 2 is 1.36 bits per heavy atom. The monoisotopic (exact) mass is 864 g/mol. The fourth-order valence-electron chi connectivity index (χ4n) is 7.98. The van der Waals surface area contributed by atoms with Crippen LogP contribution in [0.3, 0.4) is 0 Å². The summed E-state index contributed by atoms with van der Waals surface area (Å²) >= 11 is -2.39. The molecule has 61 heavy (non-hydrogen) atoms. The third kappa shape index (κ3) is 9.47. The summed E-state index contributed by atoms with van der Waals surface area (Å²) in [6.07, 6.45) is 0.652. The third-order valence-corrected chi connectivity index (χ3v) is 12.5. The molecule has 5 N–H and O–H groups in total. The molecule has 1 aliphatic carbocycles. The van der Waals surface area contributed by atoms with E-state index in [0.717, 1.165) is 28.1 Å². The van der Waals surface area contributed by atoms with Crippen molar-refractivity contribution in [2.24, 2.45) is 16.8 Å². The van der Waals surface area contributed by atoms with Gasteiger partial charge in [-0.2, -0.15) is 8.42 Å². The molecule has 14 heteroatoms. The summed E-state index contributed by atoms with van der Waals surface area (Å²) in [5.41, 5.74) is 8.98. The van der Waals surface area contributed by atoms with Crippen molar-refractivity contribution in [3.8, 4) is 22.5 Å². The number of aryl methyl sites for hydroxylation is 2. The first-order valence-corrected chi connectivity index (χ1v) is 22.5. The van der Waals surface area contributed by atoms with Gasteiger partial charge in [-0.25, -0.2) is 9.20 Å². The van der Waals surface area contributed by atoms with E-state index in [0.29, 0.717) is 73.4 Å². The van der Waals surface area contributed by atoms with Gasteiger partial charge in [0, 0.05) is 64.1 Å². The molecule has 2 amide bonds. The van der Waals surface area contributed by atoms with Gasteiger partial charge in [0.1, 0.15) is 16.2 Å². The lowest BCUT2D eigenvalue weighted by atomic mass is 9.93. The molecular formula is C47H52N4O8S2. The predicted molar refractivity (Wildman–Crippen MR) is 243 cm³/mol. The van der Waals surface area contributed by atoms with Crippen molar-refractivity contribution in [1.29, 1.82) is 0 Å². The minimum absolute atomic E-state index is 0.0680. The average Bonchev–Trinajstić information content (AvgIpc) is 3.16. The highest BCUT2D eigenvalue weighted by Gasteiger charge is 2.25. The Kier molecular flexibility index (Phi) is 13.0. The second-order valence-electron chi connectivity index (χ2n) is 16.4. The molecule has 1 unspecified atom stereocenters. The number of carbonyl (C=O) groups excluding carboxylic acids is 2. The summed E-state index contributed by atoms with van der Waals surface area (Å²) in [6, 6.07) is 18.9. The van der Waals surface area contributed by atoms with Crippen LogP contribution in [-0.4, -0.2) is 33.5 Å². The zero-order chi connectivity index (χ0) is 44.7. The molecule has 0 saturated carbocycles. The molecule has 0 bridgehead atoms. The minimum atomic E-state index is -4.66. The molecule has 0 fully saturated rings. The number of nitrogens with zero attached hydrogens (tertiary/aromatic N) is 1. The number of amides is 2. The van der Waals surface area contributed by atoms with Crippen LogP contribution in [0.15, 0.2) is 85.9 Å². The molecule has 12 nitrogen and oxygen atoms in total. The zero-order valence-electron chi connectivity index (χ0n) is 36.0. The Bertz CT molecular complexity index is 2920. The summed E-state index contributed by atoms with van der Waals surface area (Å²) in [5.74, 6) is 0.334. The van der Waals surface area contributed by atoms with Crippen molar-refractivity contribution in [3.05, 3.63) is 105 Å². The number of anilines is 4. The first-order chi connectivity index (χ1) is 28.7. The molecule has 0 spiro atoms. The number of hydrogen-bond donors (Lipinski definition) is 5. The maximum Gasteiger partial charge on any atom is 0.295 e. The van der Waals surface area contributed by atoms with E-state index in [4.69, 9.17) is 9.41 Å². The van der Waals surface area contributed by atoms with Gasteiger partial charge in [-0.15, -0.1) is 0 Å². The normalized spacial score (nSPS) is 12.7. The highest BCUT2D eigenvalue weighted by Crippen LogP contribution is 2.44. The molecular weight excluding hydrogens is 813 g/mol. The molecule has 6 rings (SSSR count). The van der Waals surface area contributed by atoms with Crippen LogP contribution in [0.5, 0.6) is 0 Å². The van der Waals surface area contributed by atoms with Crippen LogP contribution < -0.4 is 21.3 Å². The number of benzene rings is 5. The third-order valence-electron chi connectivity index (χ3n) is 10.7. The van der Waals surface area contributed by atoms with Crippen LogP contribution in [0.4, 0.5) is 28.4 Å². The van der Waals surface area contributed by atoms with Gasteiger partial charge in [-0.3, -0.25) is 14.1 Å². The van der Waals surface area contributed by atoms with Gasteiger partial charge in [0.05, 0.1) is 21.6 Å². The van der Waals surface area contributed by atoms with E-state index in [1.807, 2.05) is 66.7 Å². The van der Waals surface area contributed by atoms with Gasteiger partial charge >= 0.3 is 0 Å². The topological polar surface area (TPSA) is 187 Å². The smallest absolute Gasteiger partial charge is 0.295 e. The molecule has 1 aliphatic heterocycles. The first-order valence-electron chi connectivity index (χ1n) is 20.0. The van der Waals surface area contributed by atoms with E-state index in [1.165, 1.54) is 12.1 Å². The highest BCUT2D eigenvalue weighted by atomic mass is 32.2. The maximum absolute atomic E-state index is 12.9. The second kappa shape index (κ2) is 17.7. The Morgan fingerprint density at radius 1 is 0.738 bits per heavy atom. The van der Waals surface area contributed by atoms with Crippen LogP contribution in [0.25, 0.3) is 33.4 Å². The second-order valence-corrected chi connectivity index (χ2v) is 18.7. The predicted octanol–water partition coefficient (Wildman–Crippen LogP) is 10.8. The lowest BCUT2D eigenvalue weighted by Gasteiger charge is -2.21. The van der Waals surface area contributed by atoms with Crippen molar-refractivity contribution in [1.82, 2.24) is 0 Å². The van der Waals surface area contributed by atoms with Gasteiger partial charge in [0.25, 0.3) is 10.1 Å². The summed E-state index contributed by atoms with van der Waals surface area (Å²) in [6.45, 7) is 18.9. The first kappa shape index (κ1) is 44.9. The molecule has 320 valence electrons. The van der Waals surface area contributed by atoms with E-state index in [2.05, 4.69) is 16.0 Å². The highest BCUT2D eigenvalue weighted by molar-refractivity contribution is 7.86. The lowest BCUT2D eigenvalue weighted by molar-refractivity contribution is -0.117. The number of nitrogens with one attached hydrogen (secondary N) is 3. The molecule has 4 aromatic carbocycles. The summed E-state index contributed by atoms with van der Waals surface area (Å²) in [5, 5.41) is 10.5. The van der Waals surface area contributed by atoms with Gasteiger partial charge in [0.15, 0.2) is 11.1 Å². The van der Waals surface area contributed by atoms with E-state index >= 15 is 0 Å². The van der Waals surface area contributed by atoms with Crippen LogP contribution >= 0.6 is 0 Å². The van der Waals surface area contributed by atoms with Crippen LogP contribution in [0.1, 0.15) is 73.9 Å². The molecule has 1 heterocycles. The Hall–Kier alpha value is -5.67. The maximum atomic E-state index is 12.9. The van der Waals surface area contributed by atoms with E-state index in [9.17, 15) is 31.3 Å². The van der Waals surface area contributed by atoms with Crippen LogP contribution in [-0.2, 0) is 30.8 Å². The summed E-state index contributed by atoms with van der Waals surface area (Å²) < 4.78 is 65.6. The number of hydrogen-bond acceptors (Lipinski definition) is 8. The summed E-state index contributed by atoms with van der Waals surface area (Å²) in [7, 11) is -4.66. The van der Waals surface area contributed by atoms with Crippen molar-refractivity contribution in [2.75, 3.05) is 16.0 Å². The van der Waals surface area contributed by atoms with E-state index in [1.54, 1.807) is 57.2 Å². The Morgan fingerprint density at radius 3 is 1.98 bits per heavy atom. The van der Waals surface area contributed by atoms with Gasteiger partial charge < -0.3 is 24.9 Å². The fraction of sp³-hybridized carbons (Fsp3) is 0.298. The number of fused-ring (bicyclic) bond motifs is 2. The number of carbonyl (C=O) groups is 2. The Labute approximate surface area is 359 Å². The van der Waals surface area contributed by atoms with Gasteiger partial charge in [-0.1, -0.05) is 52.0 Å². The SMILES string of the molecule is Cc1cc(C)c(Nc2ccc3c(-c4ccccc4S(=O)(=O)O)c4ccc(=Nc5c(C)c(NC(=O)CC(C)C)c(C)c(S(=O)O)c5C)cc-4oc3c2)c(C)c1NC(=O)CC(C)C. The molecule has 1 atom stereocenters. The van der Waals surface area contributed by atoms with Crippen molar-refractivity contribution in [3.63, 3.8) is 0 Å².